The summed E-state index contributed by atoms with van der Waals surface area (Å²) in [6.45, 7) is 2.16. The van der Waals surface area contributed by atoms with Crippen molar-refractivity contribution in [2.24, 2.45) is 5.11 Å². The zero-order valence-corrected chi connectivity index (χ0v) is 26.1. The molecule has 0 fully saturated rings. The van der Waals surface area contributed by atoms with E-state index in [4.69, 9.17) is 15.5 Å². The minimum Gasteiger partial charge on any atom is -0.352 e. The van der Waals surface area contributed by atoms with Crippen LogP contribution in [-0.2, 0) is 0 Å². The van der Waals surface area contributed by atoms with Crippen molar-refractivity contribution in [1.82, 2.24) is 35.5 Å². The lowest BCUT2D eigenvalue weighted by atomic mass is 10.0. The van der Waals surface area contributed by atoms with Gasteiger partial charge in [0.15, 0.2) is 0 Å². The first-order chi connectivity index (χ1) is 22.9. The van der Waals surface area contributed by atoms with E-state index in [1.54, 1.807) is 12.1 Å². The van der Waals surface area contributed by atoms with Gasteiger partial charge >= 0.3 is 0 Å². The number of likely N-dealkylation sites (N-methyl/N-ethyl adjacent to an activating group) is 1. The lowest BCUT2D eigenvalue weighted by Crippen LogP contribution is -2.31. The number of fused-ring (bicyclic) bond motifs is 2. The van der Waals surface area contributed by atoms with Crippen LogP contribution in [0.4, 0.5) is 0 Å². The number of nitrogens with zero attached hydrogens (tertiary/aromatic N) is 6. The number of aromatic amines is 2. The second-order valence-electron chi connectivity index (χ2n) is 11.4. The minimum absolute atomic E-state index is 0.0937. The highest BCUT2D eigenvalue weighted by Gasteiger charge is 2.12. The van der Waals surface area contributed by atoms with Gasteiger partial charge in [-0.3, -0.25) is 9.59 Å². The number of carbonyl (C=O) groups is 2. The standard InChI is InChI=1S/C35H34N10O2/c1-45(2)19-18-38-35(47)25-10-6-23(7-11-25)33-41-29-15-13-27(21-31(29)43-33)26-12-14-28-30(20-26)42-32(40-28)22-4-8-24(9-5-22)34(46)37-16-3-17-39-44-36/h4-15,20-21H,3,16-19H2,1-2H3,(H,37,46)(H,38,47)(H,40,42)(H,41,43). The van der Waals surface area contributed by atoms with Crippen molar-refractivity contribution in [3.8, 4) is 33.9 Å². The number of azide groups is 1. The first-order valence-corrected chi connectivity index (χ1v) is 15.3. The Kier molecular flexibility index (Phi) is 9.23. The van der Waals surface area contributed by atoms with Gasteiger partial charge in [0.2, 0.25) is 0 Å². The van der Waals surface area contributed by atoms with E-state index in [1.807, 2.05) is 79.7 Å². The molecule has 12 heteroatoms. The Hall–Kier alpha value is -5.97. The molecule has 2 heterocycles. The number of amides is 2. The first kappa shape index (κ1) is 31.0. The molecule has 0 saturated carbocycles. The minimum atomic E-state index is -0.179. The highest BCUT2D eigenvalue weighted by atomic mass is 16.2. The molecule has 0 saturated heterocycles. The Morgan fingerprint density at radius 2 is 1.19 bits per heavy atom. The molecule has 0 unspecified atom stereocenters. The number of carbonyl (C=O) groups excluding carboxylic acids is 2. The Bertz CT molecular complexity index is 2090. The van der Waals surface area contributed by atoms with Gasteiger partial charge < -0.3 is 25.5 Å². The number of H-pyrrole nitrogens is 2. The number of nitrogens with one attached hydrogen (secondary N) is 4. The summed E-state index contributed by atoms with van der Waals surface area (Å²) in [6, 6.07) is 26.9. The average molecular weight is 627 g/mol. The molecule has 0 aliphatic carbocycles. The Morgan fingerprint density at radius 1 is 0.723 bits per heavy atom. The van der Waals surface area contributed by atoms with E-state index in [9.17, 15) is 9.59 Å². The lowest BCUT2D eigenvalue weighted by Gasteiger charge is -2.10. The van der Waals surface area contributed by atoms with Crippen molar-refractivity contribution in [3.63, 3.8) is 0 Å². The number of imidazole rings is 2. The van der Waals surface area contributed by atoms with Crippen LogP contribution in [0.3, 0.4) is 0 Å². The van der Waals surface area contributed by atoms with E-state index >= 15 is 0 Å². The molecule has 4 aromatic carbocycles. The molecule has 0 aliphatic heterocycles. The maximum absolute atomic E-state index is 12.4. The average Bonchev–Trinajstić information content (AvgIpc) is 3.72. The van der Waals surface area contributed by atoms with E-state index in [2.05, 4.69) is 42.8 Å². The maximum atomic E-state index is 12.4. The van der Waals surface area contributed by atoms with Crippen LogP contribution in [0.15, 0.2) is 90.0 Å². The van der Waals surface area contributed by atoms with Crippen LogP contribution in [0.25, 0.3) is 66.4 Å². The molecule has 0 aliphatic rings. The van der Waals surface area contributed by atoms with Crippen molar-refractivity contribution in [2.75, 3.05) is 40.3 Å². The normalized spacial score (nSPS) is 11.1. The maximum Gasteiger partial charge on any atom is 0.251 e. The molecule has 6 aromatic rings. The van der Waals surface area contributed by atoms with Crippen molar-refractivity contribution < 1.29 is 9.59 Å². The van der Waals surface area contributed by atoms with Crippen molar-refractivity contribution in [1.29, 1.82) is 0 Å². The van der Waals surface area contributed by atoms with Gasteiger partial charge in [-0.25, -0.2) is 9.97 Å². The molecule has 0 radical (unpaired) electrons. The van der Waals surface area contributed by atoms with E-state index in [-0.39, 0.29) is 11.8 Å². The molecule has 0 atom stereocenters. The number of hydrogen-bond acceptors (Lipinski definition) is 6. The molecule has 236 valence electrons. The summed E-state index contributed by atoms with van der Waals surface area (Å²) < 4.78 is 0. The quantitative estimate of drug-likeness (QED) is 0.0551. The Morgan fingerprint density at radius 3 is 1.66 bits per heavy atom. The molecule has 47 heavy (non-hydrogen) atoms. The van der Waals surface area contributed by atoms with E-state index < -0.39 is 0 Å². The number of rotatable bonds is 12. The lowest BCUT2D eigenvalue weighted by molar-refractivity contribution is 0.0944. The van der Waals surface area contributed by atoms with Crippen LogP contribution in [0.5, 0.6) is 0 Å². The van der Waals surface area contributed by atoms with Gasteiger partial charge in [-0.1, -0.05) is 41.5 Å². The van der Waals surface area contributed by atoms with Crippen LogP contribution < -0.4 is 10.6 Å². The summed E-state index contributed by atoms with van der Waals surface area (Å²) >= 11 is 0. The molecule has 2 amide bonds. The molecule has 4 N–H and O–H groups in total. The van der Waals surface area contributed by atoms with Crippen LogP contribution >= 0.6 is 0 Å². The predicted molar refractivity (Wildman–Crippen MR) is 184 cm³/mol. The molecule has 0 bridgehead atoms. The van der Waals surface area contributed by atoms with Gasteiger partial charge in [0.1, 0.15) is 11.6 Å². The first-order valence-electron chi connectivity index (χ1n) is 15.3. The van der Waals surface area contributed by atoms with Crippen LogP contribution in [-0.4, -0.2) is 76.9 Å². The fourth-order valence-electron chi connectivity index (χ4n) is 5.20. The molecular formula is C35H34N10O2. The second-order valence-corrected chi connectivity index (χ2v) is 11.4. The summed E-state index contributed by atoms with van der Waals surface area (Å²) in [7, 11) is 3.94. The molecule has 6 rings (SSSR count). The van der Waals surface area contributed by atoms with E-state index in [0.717, 1.165) is 56.7 Å². The third kappa shape index (κ3) is 7.30. The summed E-state index contributed by atoms with van der Waals surface area (Å²) in [5, 5.41) is 9.23. The van der Waals surface area contributed by atoms with Gasteiger partial charge in [-0.05, 0) is 85.7 Å². The van der Waals surface area contributed by atoms with Gasteiger partial charge in [-0.15, -0.1) is 0 Å². The topological polar surface area (TPSA) is 168 Å². The number of hydrogen-bond donors (Lipinski definition) is 4. The Balaban J connectivity index is 1.14. The van der Waals surface area contributed by atoms with Gasteiger partial charge in [0.25, 0.3) is 11.8 Å². The van der Waals surface area contributed by atoms with Crippen LogP contribution in [0, 0.1) is 0 Å². The van der Waals surface area contributed by atoms with Gasteiger partial charge in [-0.2, -0.15) is 0 Å². The monoisotopic (exact) mass is 626 g/mol. The third-order valence-corrected chi connectivity index (χ3v) is 7.77. The van der Waals surface area contributed by atoms with Crippen molar-refractivity contribution in [3.05, 3.63) is 106 Å². The highest BCUT2D eigenvalue weighted by molar-refractivity contribution is 5.95. The fraction of sp³-hybridized carbons (Fsp3) is 0.200. The van der Waals surface area contributed by atoms with E-state index in [1.165, 1.54) is 0 Å². The summed E-state index contributed by atoms with van der Waals surface area (Å²) in [6.07, 6.45) is 0.584. The molecule has 0 spiro atoms. The largest absolute Gasteiger partial charge is 0.352 e. The Labute approximate surface area is 270 Å². The second kappa shape index (κ2) is 14.0. The smallest absolute Gasteiger partial charge is 0.251 e. The van der Waals surface area contributed by atoms with E-state index in [0.29, 0.717) is 43.0 Å². The van der Waals surface area contributed by atoms with Crippen LogP contribution in [0.1, 0.15) is 27.1 Å². The third-order valence-electron chi connectivity index (χ3n) is 7.77. The number of aromatic nitrogens is 4. The SMILES string of the molecule is CN(C)CCNC(=O)c1ccc(-c2nc3ccc(-c4ccc5nc(-c6ccc(C(=O)NCCCN=[N+]=[N-])cc6)[nH]c5c4)cc3[nH]2)cc1. The molecule has 2 aromatic heterocycles. The fourth-order valence-corrected chi connectivity index (χ4v) is 5.20. The summed E-state index contributed by atoms with van der Waals surface area (Å²) in [5.41, 5.74) is 16.8. The van der Waals surface area contributed by atoms with Crippen LogP contribution in [0.2, 0.25) is 0 Å². The van der Waals surface area contributed by atoms with Crippen molar-refractivity contribution in [2.45, 2.75) is 6.42 Å². The van der Waals surface area contributed by atoms with Gasteiger partial charge in [0, 0.05) is 53.3 Å². The van der Waals surface area contributed by atoms with Crippen molar-refractivity contribution >= 4 is 33.9 Å². The molecule has 12 nitrogen and oxygen atoms in total. The summed E-state index contributed by atoms with van der Waals surface area (Å²) in [5.74, 6) is 1.17. The summed E-state index contributed by atoms with van der Waals surface area (Å²) in [4.78, 5) is 46.0. The van der Waals surface area contributed by atoms with Gasteiger partial charge in [0.05, 0.1) is 22.1 Å². The highest BCUT2D eigenvalue weighted by Crippen LogP contribution is 2.29. The number of benzene rings is 4. The zero-order chi connectivity index (χ0) is 32.8. The predicted octanol–water partition coefficient (Wildman–Crippen LogP) is 6.16. The molecular weight excluding hydrogens is 592 g/mol. The zero-order valence-electron chi connectivity index (χ0n) is 26.1.